The summed E-state index contributed by atoms with van der Waals surface area (Å²) in [4.78, 5) is 4.24. The lowest BCUT2D eigenvalue weighted by Gasteiger charge is -2.10. The van der Waals surface area contributed by atoms with Crippen LogP contribution in [0.25, 0.3) is 10.8 Å². The summed E-state index contributed by atoms with van der Waals surface area (Å²) in [7, 11) is 0. The van der Waals surface area contributed by atoms with Crippen molar-refractivity contribution in [3.8, 4) is 0 Å². The molecule has 0 aliphatic carbocycles. The Balaban J connectivity index is 1.92. The van der Waals surface area contributed by atoms with Gasteiger partial charge >= 0.3 is 6.18 Å². The second-order valence-corrected chi connectivity index (χ2v) is 4.58. The number of aromatic nitrogens is 1. The molecule has 0 fully saturated rings. The van der Waals surface area contributed by atoms with Crippen LogP contribution in [0.2, 0.25) is 0 Å². The first-order chi connectivity index (χ1) is 10.0. The predicted octanol–water partition coefficient (Wildman–Crippen LogP) is 5.00. The standard InChI is InChI=1S/C16H11F3N2/c17-16(18,19)12-5-7-13(8-6-12)21-15-14-4-2-1-3-11(14)9-10-20-15/h1-10H,(H,20,21). The molecule has 5 heteroatoms. The van der Waals surface area contributed by atoms with Crippen LogP contribution in [0.3, 0.4) is 0 Å². The first-order valence-electron chi connectivity index (χ1n) is 6.32. The number of hydrogen-bond donors (Lipinski definition) is 1. The van der Waals surface area contributed by atoms with Gasteiger partial charge in [0.05, 0.1) is 5.56 Å². The van der Waals surface area contributed by atoms with E-state index in [1.807, 2.05) is 30.3 Å². The van der Waals surface area contributed by atoms with Crippen molar-refractivity contribution in [2.24, 2.45) is 0 Å². The Labute approximate surface area is 119 Å². The van der Waals surface area contributed by atoms with Gasteiger partial charge < -0.3 is 5.32 Å². The lowest BCUT2D eigenvalue weighted by Crippen LogP contribution is -2.04. The van der Waals surface area contributed by atoms with E-state index in [1.165, 1.54) is 12.1 Å². The fourth-order valence-electron chi connectivity index (χ4n) is 2.10. The highest BCUT2D eigenvalue weighted by molar-refractivity contribution is 5.93. The zero-order valence-corrected chi connectivity index (χ0v) is 10.9. The number of alkyl halides is 3. The largest absolute Gasteiger partial charge is 0.416 e. The first-order valence-corrected chi connectivity index (χ1v) is 6.32. The predicted molar refractivity (Wildman–Crippen MR) is 76.5 cm³/mol. The molecule has 0 unspecified atom stereocenters. The summed E-state index contributed by atoms with van der Waals surface area (Å²) in [5, 5.41) is 4.98. The molecule has 106 valence electrons. The molecule has 0 spiro atoms. The molecule has 2 nitrogen and oxygen atoms in total. The molecule has 21 heavy (non-hydrogen) atoms. The Morgan fingerprint density at radius 2 is 1.57 bits per heavy atom. The lowest BCUT2D eigenvalue weighted by atomic mass is 10.1. The van der Waals surface area contributed by atoms with E-state index in [0.29, 0.717) is 11.5 Å². The summed E-state index contributed by atoms with van der Waals surface area (Å²) in [6.07, 6.45) is -2.66. The molecule has 0 aliphatic rings. The number of pyridine rings is 1. The quantitative estimate of drug-likeness (QED) is 0.718. The van der Waals surface area contributed by atoms with Gasteiger partial charge in [0.25, 0.3) is 0 Å². The van der Waals surface area contributed by atoms with Crippen LogP contribution in [0, 0.1) is 0 Å². The van der Waals surface area contributed by atoms with Crippen LogP contribution in [0.1, 0.15) is 5.56 Å². The monoisotopic (exact) mass is 288 g/mol. The lowest BCUT2D eigenvalue weighted by molar-refractivity contribution is -0.137. The van der Waals surface area contributed by atoms with Crippen LogP contribution in [0.5, 0.6) is 0 Å². The van der Waals surface area contributed by atoms with Crippen molar-refractivity contribution < 1.29 is 13.2 Å². The van der Waals surface area contributed by atoms with Crippen molar-refractivity contribution in [1.82, 2.24) is 4.98 Å². The molecule has 0 amide bonds. The summed E-state index contributed by atoms with van der Waals surface area (Å²) >= 11 is 0. The van der Waals surface area contributed by atoms with Gasteiger partial charge in [-0.3, -0.25) is 0 Å². The number of anilines is 2. The molecule has 1 N–H and O–H groups in total. The van der Waals surface area contributed by atoms with Crippen molar-refractivity contribution in [2.75, 3.05) is 5.32 Å². The van der Waals surface area contributed by atoms with Gasteiger partial charge in [-0.2, -0.15) is 13.2 Å². The summed E-state index contributed by atoms with van der Waals surface area (Å²) in [6.45, 7) is 0. The second kappa shape index (κ2) is 5.09. The number of hydrogen-bond acceptors (Lipinski definition) is 2. The Morgan fingerprint density at radius 3 is 2.29 bits per heavy atom. The Kier molecular flexibility index (Phi) is 3.25. The number of rotatable bonds is 2. The molecular weight excluding hydrogens is 277 g/mol. The van der Waals surface area contributed by atoms with E-state index >= 15 is 0 Å². The number of halogens is 3. The van der Waals surface area contributed by atoms with E-state index in [0.717, 1.165) is 22.9 Å². The topological polar surface area (TPSA) is 24.9 Å². The summed E-state index contributed by atoms with van der Waals surface area (Å²) in [6, 6.07) is 14.4. The molecule has 0 radical (unpaired) electrons. The summed E-state index contributed by atoms with van der Waals surface area (Å²) in [5.74, 6) is 0.618. The maximum Gasteiger partial charge on any atom is 0.416 e. The zero-order chi connectivity index (χ0) is 14.9. The van der Waals surface area contributed by atoms with Crippen LogP contribution >= 0.6 is 0 Å². The minimum absolute atomic E-state index is 0.562. The molecule has 0 saturated heterocycles. The first kappa shape index (κ1) is 13.4. The van der Waals surface area contributed by atoms with Crippen LogP contribution in [0.4, 0.5) is 24.7 Å². The highest BCUT2D eigenvalue weighted by Gasteiger charge is 2.29. The maximum absolute atomic E-state index is 12.5. The second-order valence-electron chi connectivity index (χ2n) is 4.58. The van der Waals surface area contributed by atoms with Gasteiger partial charge in [0.15, 0.2) is 0 Å². The summed E-state index contributed by atoms with van der Waals surface area (Å²) < 4.78 is 37.6. The van der Waals surface area contributed by atoms with Gasteiger partial charge in [-0.1, -0.05) is 24.3 Å². The van der Waals surface area contributed by atoms with Crippen molar-refractivity contribution in [3.05, 3.63) is 66.4 Å². The molecule has 0 aliphatic heterocycles. The average Bonchev–Trinajstić information content (AvgIpc) is 2.47. The number of benzene rings is 2. The number of nitrogens with one attached hydrogen (secondary N) is 1. The molecule has 1 aromatic heterocycles. The van der Waals surface area contributed by atoms with E-state index in [4.69, 9.17) is 0 Å². The van der Waals surface area contributed by atoms with Crippen LogP contribution in [-0.2, 0) is 6.18 Å². The molecule has 3 aromatic rings. The average molecular weight is 288 g/mol. The third-order valence-electron chi connectivity index (χ3n) is 3.15. The molecule has 1 heterocycles. The van der Waals surface area contributed by atoms with Crippen molar-refractivity contribution in [2.45, 2.75) is 6.18 Å². The minimum atomic E-state index is -4.32. The fourth-order valence-corrected chi connectivity index (χ4v) is 2.10. The van der Waals surface area contributed by atoms with Gasteiger partial charge in [-0.05, 0) is 35.7 Å². The van der Waals surface area contributed by atoms with Gasteiger partial charge in [0.1, 0.15) is 5.82 Å². The molecule has 0 bridgehead atoms. The highest BCUT2D eigenvalue weighted by atomic mass is 19.4. The Bertz CT molecular complexity index is 759. The van der Waals surface area contributed by atoms with Crippen molar-refractivity contribution in [1.29, 1.82) is 0 Å². The SMILES string of the molecule is FC(F)(F)c1ccc(Nc2nccc3ccccc23)cc1. The Morgan fingerprint density at radius 1 is 0.857 bits per heavy atom. The third kappa shape index (κ3) is 2.81. The minimum Gasteiger partial charge on any atom is -0.340 e. The maximum atomic E-state index is 12.5. The highest BCUT2D eigenvalue weighted by Crippen LogP contribution is 2.31. The van der Waals surface area contributed by atoms with Crippen LogP contribution in [0.15, 0.2) is 60.8 Å². The smallest absolute Gasteiger partial charge is 0.340 e. The molecular formula is C16H11F3N2. The molecule has 0 saturated carbocycles. The van der Waals surface area contributed by atoms with Crippen molar-refractivity contribution in [3.63, 3.8) is 0 Å². The van der Waals surface area contributed by atoms with Crippen molar-refractivity contribution >= 4 is 22.3 Å². The number of fused-ring (bicyclic) bond motifs is 1. The normalized spacial score (nSPS) is 11.6. The van der Waals surface area contributed by atoms with E-state index in [1.54, 1.807) is 6.20 Å². The van der Waals surface area contributed by atoms with Crippen LogP contribution < -0.4 is 5.32 Å². The molecule has 3 rings (SSSR count). The summed E-state index contributed by atoms with van der Waals surface area (Å²) in [5.41, 5.74) is -0.106. The van der Waals surface area contributed by atoms with Gasteiger partial charge in [0.2, 0.25) is 0 Å². The zero-order valence-electron chi connectivity index (χ0n) is 10.9. The van der Waals surface area contributed by atoms with Gasteiger partial charge in [0, 0.05) is 17.3 Å². The van der Waals surface area contributed by atoms with E-state index in [-0.39, 0.29) is 0 Å². The fraction of sp³-hybridized carbons (Fsp3) is 0.0625. The van der Waals surface area contributed by atoms with Crippen LogP contribution in [-0.4, -0.2) is 4.98 Å². The Hall–Kier alpha value is -2.56. The number of nitrogens with zero attached hydrogens (tertiary/aromatic N) is 1. The van der Waals surface area contributed by atoms with E-state index in [9.17, 15) is 13.2 Å². The van der Waals surface area contributed by atoms with Gasteiger partial charge in [-0.15, -0.1) is 0 Å². The molecule has 0 atom stereocenters. The van der Waals surface area contributed by atoms with E-state index < -0.39 is 11.7 Å². The van der Waals surface area contributed by atoms with Gasteiger partial charge in [-0.25, -0.2) is 4.98 Å². The third-order valence-corrected chi connectivity index (χ3v) is 3.15. The van der Waals surface area contributed by atoms with E-state index in [2.05, 4.69) is 10.3 Å². The molecule has 2 aromatic carbocycles.